The number of hydrogen-bond donors (Lipinski definition) is 0. The molecule has 2 unspecified atom stereocenters. The van der Waals surface area contributed by atoms with Crippen molar-refractivity contribution in [3.8, 4) is 0 Å². The first-order chi connectivity index (χ1) is 8.78. The second kappa shape index (κ2) is 3.60. The molecular weight excluding hydrogens is 216 g/mol. The van der Waals surface area contributed by atoms with Gasteiger partial charge in [-0.1, -0.05) is 49.7 Å². The smallest absolute Gasteiger partial charge is 0.0105 e. The lowest BCUT2D eigenvalue weighted by Crippen LogP contribution is -2.26. The zero-order valence-corrected chi connectivity index (χ0v) is 11.1. The fourth-order valence-electron chi connectivity index (χ4n) is 4.43. The predicted octanol–water partition coefficient (Wildman–Crippen LogP) is 5.06. The highest BCUT2D eigenvalue weighted by Gasteiger charge is 2.42. The summed E-state index contributed by atoms with van der Waals surface area (Å²) in [5, 5.41) is 2.92. The molecule has 0 heterocycles. The molecule has 0 bridgehead atoms. The van der Waals surface area contributed by atoms with Crippen molar-refractivity contribution < 1.29 is 0 Å². The van der Waals surface area contributed by atoms with E-state index in [1.807, 2.05) is 0 Å². The Kier molecular flexibility index (Phi) is 2.12. The third-order valence-corrected chi connectivity index (χ3v) is 5.48. The molecule has 0 spiro atoms. The summed E-state index contributed by atoms with van der Waals surface area (Å²) in [4.78, 5) is 0. The standard InChI is InChI=1S/C18H20/c1-18-11-4-7-17(18)16-9-8-13-5-2-3-6-14(13)15(16)10-12-18/h2-3,5-6,8-9,17H,4,7,10-12H2,1H3. The minimum absolute atomic E-state index is 0.593. The molecule has 4 rings (SSSR count). The Hall–Kier alpha value is -1.30. The zero-order valence-electron chi connectivity index (χ0n) is 11.1. The molecule has 2 atom stereocenters. The second-order valence-electron chi connectivity index (χ2n) is 6.45. The third kappa shape index (κ3) is 1.32. The molecule has 2 aromatic carbocycles. The molecule has 92 valence electrons. The van der Waals surface area contributed by atoms with Crippen LogP contribution in [-0.2, 0) is 6.42 Å². The largest absolute Gasteiger partial charge is 0.0616 e. The highest BCUT2D eigenvalue weighted by Crippen LogP contribution is 2.56. The molecule has 0 nitrogen and oxygen atoms in total. The van der Waals surface area contributed by atoms with Crippen LogP contribution in [0.15, 0.2) is 36.4 Å². The van der Waals surface area contributed by atoms with Gasteiger partial charge in [-0.25, -0.2) is 0 Å². The Labute approximate surface area is 109 Å². The van der Waals surface area contributed by atoms with Crippen LogP contribution in [0.1, 0.15) is 49.7 Å². The number of hydrogen-bond acceptors (Lipinski definition) is 0. The maximum Gasteiger partial charge on any atom is -0.0105 e. The second-order valence-corrected chi connectivity index (χ2v) is 6.45. The first-order valence-corrected chi connectivity index (χ1v) is 7.28. The lowest BCUT2D eigenvalue weighted by molar-refractivity contribution is 0.253. The number of aryl methyl sites for hydroxylation is 1. The van der Waals surface area contributed by atoms with Crippen molar-refractivity contribution in [2.75, 3.05) is 0 Å². The zero-order chi connectivity index (χ0) is 12.2. The van der Waals surface area contributed by atoms with E-state index in [2.05, 4.69) is 43.3 Å². The Morgan fingerprint density at radius 3 is 2.89 bits per heavy atom. The molecule has 0 amide bonds. The summed E-state index contributed by atoms with van der Waals surface area (Å²) in [5.74, 6) is 0.825. The molecule has 2 aromatic rings. The van der Waals surface area contributed by atoms with Crippen molar-refractivity contribution in [2.45, 2.75) is 44.9 Å². The Balaban J connectivity index is 1.97. The predicted molar refractivity (Wildman–Crippen MR) is 77.0 cm³/mol. The lowest BCUT2D eigenvalue weighted by atomic mass is 9.66. The monoisotopic (exact) mass is 236 g/mol. The molecular formula is C18H20. The maximum absolute atomic E-state index is 2.52. The van der Waals surface area contributed by atoms with E-state index < -0.39 is 0 Å². The summed E-state index contributed by atoms with van der Waals surface area (Å²) in [7, 11) is 0. The molecule has 0 heteroatoms. The first kappa shape index (κ1) is 10.6. The van der Waals surface area contributed by atoms with Crippen molar-refractivity contribution >= 4 is 10.8 Å². The van der Waals surface area contributed by atoms with Crippen LogP contribution in [0.4, 0.5) is 0 Å². The Morgan fingerprint density at radius 1 is 1.06 bits per heavy atom. The molecule has 2 aliphatic rings. The Bertz CT molecular complexity index is 610. The van der Waals surface area contributed by atoms with Crippen molar-refractivity contribution in [1.29, 1.82) is 0 Å². The van der Waals surface area contributed by atoms with Crippen molar-refractivity contribution in [3.63, 3.8) is 0 Å². The molecule has 0 radical (unpaired) electrons. The molecule has 2 aliphatic carbocycles. The molecule has 0 aromatic heterocycles. The number of benzene rings is 2. The van der Waals surface area contributed by atoms with E-state index in [0.717, 1.165) is 5.92 Å². The van der Waals surface area contributed by atoms with Crippen LogP contribution in [0.2, 0.25) is 0 Å². The van der Waals surface area contributed by atoms with Crippen LogP contribution in [0.25, 0.3) is 10.8 Å². The van der Waals surface area contributed by atoms with E-state index in [4.69, 9.17) is 0 Å². The van der Waals surface area contributed by atoms with E-state index in [9.17, 15) is 0 Å². The average molecular weight is 236 g/mol. The summed E-state index contributed by atoms with van der Waals surface area (Å²) in [6.45, 7) is 2.52. The van der Waals surface area contributed by atoms with Crippen molar-refractivity contribution in [3.05, 3.63) is 47.5 Å². The molecule has 18 heavy (non-hydrogen) atoms. The highest BCUT2D eigenvalue weighted by atomic mass is 14.5. The van der Waals surface area contributed by atoms with Crippen LogP contribution in [0.5, 0.6) is 0 Å². The van der Waals surface area contributed by atoms with Gasteiger partial charge in [0.25, 0.3) is 0 Å². The summed E-state index contributed by atoms with van der Waals surface area (Å²) in [5.41, 5.74) is 3.91. The SMILES string of the molecule is CC12CCCC1c1ccc3ccccc3c1CC2. The van der Waals surface area contributed by atoms with Gasteiger partial charge in [0.1, 0.15) is 0 Å². The summed E-state index contributed by atoms with van der Waals surface area (Å²) in [6.07, 6.45) is 6.93. The van der Waals surface area contributed by atoms with Crippen LogP contribution < -0.4 is 0 Å². The fourth-order valence-corrected chi connectivity index (χ4v) is 4.43. The molecule has 0 aliphatic heterocycles. The Morgan fingerprint density at radius 2 is 1.94 bits per heavy atom. The summed E-state index contributed by atoms with van der Waals surface area (Å²) < 4.78 is 0. The van der Waals surface area contributed by atoms with Gasteiger partial charge < -0.3 is 0 Å². The molecule has 0 saturated heterocycles. The van der Waals surface area contributed by atoms with Crippen molar-refractivity contribution in [2.24, 2.45) is 5.41 Å². The van der Waals surface area contributed by atoms with E-state index in [-0.39, 0.29) is 0 Å². The lowest BCUT2D eigenvalue weighted by Gasteiger charge is -2.38. The van der Waals surface area contributed by atoms with E-state index in [1.165, 1.54) is 42.9 Å². The van der Waals surface area contributed by atoms with Gasteiger partial charge in [0.2, 0.25) is 0 Å². The quantitative estimate of drug-likeness (QED) is 0.599. The van der Waals surface area contributed by atoms with Crippen LogP contribution in [-0.4, -0.2) is 0 Å². The minimum Gasteiger partial charge on any atom is -0.0616 e. The first-order valence-electron chi connectivity index (χ1n) is 7.28. The highest BCUT2D eigenvalue weighted by molar-refractivity contribution is 5.87. The topological polar surface area (TPSA) is 0 Å². The molecule has 1 saturated carbocycles. The van der Waals surface area contributed by atoms with Crippen LogP contribution in [0.3, 0.4) is 0 Å². The van der Waals surface area contributed by atoms with Gasteiger partial charge in [-0.2, -0.15) is 0 Å². The van der Waals surface area contributed by atoms with Crippen molar-refractivity contribution in [1.82, 2.24) is 0 Å². The third-order valence-electron chi connectivity index (χ3n) is 5.48. The molecule has 1 fully saturated rings. The van der Waals surface area contributed by atoms with Gasteiger partial charge in [-0.05, 0) is 58.9 Å². The van der Waals surface area contributed by atoms with Gasteiger partial charge in [0, 0.05) is 0 Å². The minimum atomic E-state index is 0.593. The van der Waals surface area contributed by atoms with Crippen LogP contribution >= 0.6 is 0 Å². The summed E-state index contributed by atoms with van der Waals surface area (Å²) >= 11 is 0. The van der Waals surface area contributed by atoms with Gasteiger partial charge in [0.05, 0.1) is 0 Å². The van der Waals surface area contributed by atoms with Gasteiger partial charge >= 0.3 is 0 Å². The van der Waals surface area contributed by atoms with Gasteiger partial charge in [0.15, 0.2) is 0 Å². The summed E-state index contributed by atoms with van der Waals surface area (Å²) in [6, 6.07) is 13.6. The van der Waals surface area contributed by atoms with Gasteiger partial charge in [-0.3, -0.25) is 0 Å². The van der Waals surface area contributed by atoms with Gasteiger partial charge in [-0.15, -0.1) is 0 Å². The number of rotatable bonds is 0. The number of fused-ring (bicyclic) bond motifs is 5. The normalized spacial score (nSPS) is 30.2. The molecule has 0 N–H and O–H groups in total. The maximum atomic E-state index is 2.52. The van der Waals surface area contributed by atoms with E-state index in [0.29, 0.717) is 5.41 Å². The average Bonchev–Trinajstić information content (AvgIpc) is 2.80. The van der Waals surface area contributed by atoms with E-state index in [1.54, 1.807) is 11.1 Å². The van der Waals surface area contributed by atoms with E-state index >= 15 is 0 Å². The fraction of sp³-hybridized carbons (Fsp3) is 0.444. The van der Waals surface area contributed by atoms with Crippen LogP contribution in [0, 0.1) is 5.41 Å².